The van der Waals surface area contributed by atoms with E-state index in [4.69, 9.17) is 0 Å². The molecule has 122 valence electrons. The van der Waals surface area contributed by atoms with Crippen LogP contribution in [0.5, 0.6) is 0 Å². The maximum Gasteiger partial charge on any atom is 0.317 e. The maximum atomic E-state index is 12.3. The van der Waals surface area contributed by atoms with Crippen molar-refractivity contribution in [3.05, 3.63) is 0 Å². The zero-order chi connectivity index (χ0) is 15.2. The summed E-state index contributed by atoms with van der Waals surface area (Å²) in [4.78, 5) is 16.7. The average Bonchev–Trinajstić information content (AvgIpc) is 2.49. The Hall–Kier alpha value is -0.420. The molecule has 0 aliphatic carbocycles. The van der Waals surface area contributed by atoms with Gasteiger partial charge in [0.1, 0.15) is 0 Å². The molecule has 2 saturated heterocycles. The summed E-state index contributed by atoms with van der Waals surface area (Å²) < 4.78 is 0. The Morgan fingerprint density at radius 3 is 2.67 bits per heavy atom. The Morgan fingerprint density at radius 2 is 2.00 bits per heavy atom. The molecule has 0 bridgehead atoms. The fourth-order valence-corrected chi connectivity index (χ4v) is 4.41. The molecule has 21 heavy (non-hydrogen) atoms. The highest BCUT2D eigenvalue weighted by Gasteiger charge is 2.26. The highest BCUT2D eigenvalue weighted by molar-refractivity contribution is 8.00. The van der Waals surface area contributed by atoms with Gasteiger partial charge in [0.15, 0.2) is 0 Å². The van der Waals surface area contributed by atoms with Crippen molar-refractivity contribution in [3.63, 3.8) is 0 Å². The van der Waals surface area contributed by atoms with Gasteiger partial charge in [0, 0.05) is 30.6 Å². The van der Waals surface area contributed by atoms with Gasteiger partial charge in [-0.25, -0.2) is 4.79 Å². The molecule has 2 amide bonds. The van der Waals surface area contributed by atoms with Gasteiger partial charge in [-0.05, 0) is 51.2 Å². The summed E-state index contributed by atoms with van der Waals surface area (Å²) in [6.45, 7) is 9.55. The van der Waals surface area contributed by atoms with Crippen LogP contribution in [0.4, 0.5) is 4.79 Å². The molecule has 5 heteroatoms. The molecule has 1 N–H and O–H groups in total. The van der Waals surface area contributed by atoms with Crippen LogP contribution < -0.4 is 5.32 Å². The average molecular weight is 314 g/mol. The number of amides is 2. The lowest BCUT2D eigenvalue weighted by atomic mass is 9.94. The third-order valence-corrected chi connectivity index (χ3v) is 6.33. The van der Waals surface area contributed by atoms with Crippen molar-refractivity contribution in [2.24, 2.45) is 11.8 Å². The van der Waals surface area contributed by atoms with E-state index in [0.29, 0.717) is 11.2 Å². The van der Waals surface area contributed by atoms with Gasteiger partial charge in [-0.2, -0.15) is 11.8 Å². The second-order valence-corrected chi connectivity index (χ2v) is 8.21. The predicted molar refractivity (Wildman–Crippen MR) is 90.9 cm³/mol. The van der Waals surface area contributed by atoms with Crippen molar-refractivity contribution >= 4 is 17.8 Å². The minimum atomic E-state index is 0.147. The molecule has 0 aromatic rings. The number of hydrogen-bond acceptors (Lipinski definition) is 3. The highest BCUT2D eigenvalue weighted by atomic mass is 32.2. The number of thioether (sulfide) groups is 1. The van der Waals surface area contributed by atoms with E-state index < -0.39 is 0 Å². The van der Waals surface area contributed by atoms with Crippen molar-refractivity contribution in [2.75, 3.05) is 45.5 Å². The summed E-state index contributed by atoms with van der Waals surface area (Å²) in [5.41, 5.74) is 0. The zero-order valence-corrected chi connectivity index (χ0v) is 14.6. The number of hydrogen-bond donors (Lipinski definition) is 1. The Balaban J connectivity index is 1.65. The summed E-state index contributed by atoms with van der Waals surface area (Å²) in [5.74, 6) is 2.51. The van der Waals surface area contributed by atoms with Gasteiger partial charge in [-0.1, -0.05) is 13.8 Å². The van der Waals surface area contributed by atoms with E-state index >= 15 is 0 Å². The van der Waals surface area contributed by atoms with Crippen LogP contribution in [0.1, 0.15) is 33.1 Å². The molecule has 2 fully saturated rings. The zero-order valence-electron chi connectivity index (χ0n) is 13.8. The molecule has 2 heterocycles. The lowest BCUT2D eigenvalue weighted by Gasteiger charge is -2.34. The Bertz CT molecular complexity index is 329. The van der Waals surface area contributed by atoms with E-state index in [0.717, 1.165) is 37.7 Å². The van der Waals surface area contributed by atoms with E-state index in [2.05, 4.69) is 31.1 Å². The van der Waals surface area contributed by atoms with Gasteiger partial charge in [-0.3, -0.25) is 0 Å². The maximum absolute atomic E-state index is 12.3. The van der Waals surface area contributed by atoms with E-state index in [1.165, 1.54) is 25.9 Å². The fourth-order valence-electron chi connectivity index (χ4n) is 3.11. The van der Waals surface area contributed by atoms with Gasteiger partial charge < -0.3 is 15.1 Å². The number of carbonyl (C=O) groups is 1. The molecule has 0 saturated carbocycles. The first-order valence-electron chi connectivity index (χ1n) is 8.39. The summed E-state index contributed by atoms with van der Waals surface area (Å²) in [5, 5.41) is 3.73. The van der Waals surface area contributed by atoms with Crippen LogP contribution in [0, 0.1) is 11.8 Å². The van der Waals surface area contributed by atoms with Crippen molar-refractivity contribution < 1.29 is 4.79 Å². The molecule has 0 aromatic heterocycles. The fraction of sp³-hybridized carbons (Fsp3) is 0.938. The Morgan fingerprint density at radius 1 is 1.29 bits per heavy atom. The SMILES string of the molecule is CC(C)C1CN(C(=O)NCCC2CCN(C)CC2)CCS1. The number of rotatable bonds is 4. The quantitative estimate of drug-likeness (QED) is 0.866. The van der Waals surface area contributed by atoms with Crippen LogP contribution in [-0.4, -0.2) is 66.6 Å². The first kappa shape index (κ1) is 16.9. The Kier molecular flexibility index (Phi) is 6.68. The lowest BCUT2D eigenvalue weighted by molar-refractivity contribution is 0.191. The van der Waals surface area contributed by atoms with Gasteiger partial charge in [-0.15, -0.1) is 0 Å². The molecule has 0 spiro atoms. The lowest BCUT2D eigenvalue weighted by Crippen LogP contribution is -2.48. The largest absolute Gasteiger partial charge is 0.338 e. The predicted octanol–water partition coefficient (Wildman–Crippen LogP) is 2.50. The minimum absolute atomic E-state index is 0.147. The van der Waals surface area contributed by atoms with E-state index in [9.17, 15) is 4.79 Å². The second kappa shape index (κ2) is 8.28. The molecule has 0 radical (unpaired) electrons. The summed E-state index contributed by atoms with van der Waals surface area (Å²) in [6.07, 6.45) is 3.69. The molecule has 1 atom stereocenters. The third kappa shape index (κ3) is 5.37. The van der Waals surface area contributed by atoms with E-state index in [1.54, 1.807) is 0 Å². The standard InChI is InChI=1S/C16H31N3OS/c1-13(2)15-12-19(10-11-21-15)16(20)17-7-4-14-5-8-18(3)9-6-14/h13-15H,4-12H2,1-3H3,(H,17,20). The van der Waals surface area contributed by atoms with E-state index in [-0.39, 0.29) is 6.03 Å². The molecule has 4 nitrogen and oxygen atoms in total. The van der Waals surface area contributed by atoms with Gasteiger partial charge in [0.05, 0.1) is 0 Å². The second-order valence-electron chi connectivity index (χ2n) is 6.87. The number of piperidine rings is 1. The molecule has 2 aliphatic heterocycles. The summed E-state index contributed by atoms with van der Waals surface area (Å²) >= 11 is 2.01. The highest BCUT2D eigenvalue weighted by Crippen LogP contribution is 2.25. The van der Waals surface area contributed by atoms with Crippen molar-refractivity contribution in [3.8, 4) is 0 Å². The number of urea groups is 1. The smallest absolute Gasteiger partial charge is 0.317 e. The monoisotopic (exact) mass is 313 g/mol. The summed E-state index contributed by atoms with van der Waals surface area (Å²) in [7, 11) is 2.19. The van der Waals surface area contributed by atoms with Crippen molar-refractivity contribution in [1.82, 2.24) is 15.1 Å². The molecule has 2 aliphatic rings. The normalized spacial score (nSPS) is 25.3. The molecular weight excluding hydrogens is 282 g/mol. The van der Waals surface area contributed by atoms with E-state index in [1.807, 2.05) is 16.7 Å². The molecule has 2 rings (SSSR count). The molecule has 1 unspecified atom stereocenters. The van der Waals surface area contributed by atoms with Crippen LogP contribution >= 0.6 is 11.8 Å². The first-order chi connectivity index (χ1) is 10.1. The number of likely N-dealkylation sites (tertiary alicyclic amines) is 1. The van der Waals surface area contributed by atoms with Crippen LogP contribution in [0.3, 0.4) is 0 Å². The number of nitrogens with one attached hydrogen (secondary N) is 1. The topological polar surface area (TPSA) is 35.6 Å². The Labute approximate surface area is 134 Å². The summed E-state index contributed by atoms with van der Waals surface area (Å²) in [6, 6.07) is 0.147. The molecular formula is C16H31N3OS. The van der Waals surface area contributed by atoms with Crippen LogP contribution in [0.25, 0.3) is 0 Å². The van der Waals surface area contributed by atoms with Crippen molar-refractivity contribution in [2.45, 2.75) is 38.4 Å². The number of nitrogens with zero attached hydrogens (tertiary/aromatic N) is 2. The van der Waals surface area contributed by atoms with Crippen LogP contribution in [0.2, 0.25) is 0 Å². The van der Waals surface area contributed by atoms with Gasteiger partial charge >= 0.3 is 6.03 Å². The van der Waals surface area contributed by atoms with Gasteiger partial charge in [0.2, 0.25) is 0 Å². The molecule has 0 aromatic carbocycles. The van der Waals surface area contributed by atoms with Gasteiger partial charge in [0.25, 0.3) is 0 Å². The number of carbonyl (C=O) groups excluding carboxylic acids is 1. The third-order valence-electron chi connectivity index (χ3n) is 4.79. The minimum Gasteiger partial charge on any atom is -0.338 e. The van der Waals surface area contributed by atoms with Crippen LogP contribution in [-0.2, 0) is 0 Å². The van der Waals surface area contributed by atoms with Crippen molar-refractivity contribution in [1.29, 1.82) is 0 Å². The van der Waals surface area contributed by atoms with Crippen LogP contribution in [0.15, 0.2) is 0 Å². The first-order valence-corrected chi connectivity index (χ1v) is 9.44.